The van der Waals surface area contributed by atoms with E-state index in [-0.39, 0.29) is 0 Å². The van der Waals surface area contributed by atoms with Gasteiger partial charge in [0.2, 0.25) is 0 Å². The maximum Gasteiger partial charge on any atom is 0.177 e. The summed E-state index contributed by atoms with van der Waals surface area (Å²) in [5.74, 6) is 0. The van der Waals surface area contributed by atoms with Crippen LogP contribution in [-0.2, 0) is 7.05 Å². The van der Waals surface area contributed by atoms with Gasteiger partial charge < -0.3 is 0 Å². The molecular formula is C13H11N2+. The van der Waals surface area contributed by atoms with E-state index in [4.69, 9.17) is 0 Å². The number of aromatic nitrogens is 2. The number of fused-ring (bicyclic) bond motifs is 3. The lowest BCUT2D eigenvalue weighted by Crippen LogP contribution is -2.25. The summed E-state index contributed by atoms with van der Waals surface area (Å²) in [4.78, 5) is 4.35. The average molecular weight is 195 g/mol. The monoisotopic (exact) mass is 195 g/mol. The van der Waals surface area contributed by atoms with E-state index in [0.29, 0.717) is 0 Å². The molecule has 2 nitrogen and oxygen atoms in total. The molecule has 0 atom stereocenters. The topological polar surface area (TPSA) is 16.8 Å². The first-order valence-corrected chi connectivity index (χ1v) is 4.97. The van der Waals surface area contributed by atoms with Crippen molar-refractivity contribution in [2.45, 2.75) is 0 Å². The van der Waals surface area contributed by atoms with Gasteiger partial charge in [0, 0.05) is 17.6 Å². The van der Waals surface area contributed by atoms with E-state index >= 15 is 0 Å². The Kier molecular flexibility index (Phi) is 1.68. The molecule has 0 spiro atoms. The van der Waals surface area contributed by atoms with E-state index < -0.39 is 0 Å². The predicted molar refractivity (Wildman–Crippen MR) is 60.4 cm³/mol. The summed E-state index contributed by atoms with van der Waals surface area (Å²) in [7, 11) is 2.04. The zero-order valence-corrected chi connectivity index (χ0v) is 8.51. The summed E-state index contributed by atoms with van der Waals surface area (Å²) >= 11 is 0. The zero-order valence-electron chi connectivity index (χ0n) is 8.51. The Morgan fingerprint density at radius 1 is 1.07 bits per heavy atom. The SMILES string of the molecule is C[n+]1ccc2ccc3ncccc3c2c1. The van der Waals surface area contributed by atoms with Gasteiger partial charge in [-0.2, -0.15) is 0 Å². The molecule has 15 heavy (non-hydrogen) atoms. The standard InChI is InChI=1S/C13H11N2/c1-15-8-6-10-4-5-13-11(12(10)9-15)3-2-7-14-13/h2-9H,1H3/q+1. The molecule has 3 aromatic rings. The van der Waals surface area contributed by atoms with Gasteiger partial charge in [-0.3, -0.25) is 4.98 Å². The van der Waals surface area contributed by atoms with E-state index in [2.05, 4.69) is 46.2 Å². The third-order valence-electron chi connectivity index (χ3n) is 2.68. The Morgan fingerprint density at radius 2 is 2.00 bits per heavy atom. The highest BCUT2D eigenvalue weighted by molar-refractivity contribution is 6.05. The van der Waals surface area contributed by atoms with E-state index in [9.17, 15) is 0 Å². The van der Waals surface area contributed by atoms with Crippen molar-refractivity contribution in [1.82, 2.24) is 4.98 Å². The largest absolute Gasteiger partial charge is 0.256 e. The molecule has 3 rings (SSSR count). The molecule has 0 saturated heterocycles. The molecule has 2 heterocycles. The van der Waals surface area contributed by atoms with Crippen LogP contribution in [0.5, 0.6) is 0 Å². The Balaban J connectivity index is 2.57. The third kappa shape index (κ3) is 1.26. The lowest BCUT2D eigenvalue weighted by Gasteiger charge is -2.00. The molecule has 2 heteroatoms. The van der Waals surface area contributed by atoms with Gasteiger partial charge in [0.05, 0.1) is 10.9 Å². The molecule has 0 N–H and O–H groups in total. The van der Waals surface area contributed by atoms with Crippen molar-refractivity contribution >= 4 is 21.7 Å². The molecule has 2 aromatic heterocycles. The van der Waals surface area contributed by atoms with Crippen LogP contribution in [0.15, 0.2) is 48.9 Å². The molecule has 0 saturated carbocycles. The summed E-state index contributed by atoms with van der Waals surface area (Å²) in [6, 6.07) is 10.4. The van der Waals surface area contributed by atoms with Crippen LogP contribution in [0.25, 0.3) is 21.7 Å². The molecule has 1 aromatic carbocycles. The Bertz CT molecular complexity index is 644. The number of aryl methyl sites for hydroxylation is 1. The van der Waals surface area contributed by atoms with Crippen molar-refractivity contribution in [1.29, 1.82) is 0 Å². The molecule has 72 valence electrons. The highest BCUT2D eigenvalue weighted by Crippen LogP contribution is 2.21. The third-order valence-corrected chi connectivity index (χ3v) is 2.68. The van der Waals surface area contributed by atoms with Gasteiger partial charge in [-0.05, 0) is 17.5 Å². The Morgan fingerprint density at radius 3 is 2.93 bits per heavy atom. The van der Waals surface area contributed by atoms with Crippen molar-refractivity contribution in [3.05, 3.63) is 48.9 Å². The molecule has 0 amide bonds. The smallest absolute Gasteiger partial charge is 0.177 e. The molecule has 0 aliphatic rings. The van der Waals surface area contributed by atoms with Crippen molar-refractivity contribution in [3.63, 3.8) is 0 Å². The molecule has 0 aliphatic carbocycles. The van der Waals surface area contributed by atoms with Crippen molar-refractivity contribution in [3.8, 4) is 0 Å². The van der Waals surface area contributed by atoms with Gasteiger partial charge in [0.15, 0.2) is 12.4 Å². The van der Waals surface area contributed by atoms with E-state index in [1.807, 2.05) is 19.3 Å². The number of hydrogen-bond donors (Lipinski definition) is 0. The fourth-order valence-corrected chi connectivity index (χ4v) is 1.93. The molecule has 0 unspecified atom stereocenters. The summed E-state index contributed by atoms with van der Waals surface area (Å²) in [6.07, 6.45) is 6.03. The minimum Gasteiger partial charge on any atom is -0.256 e. The van der Waals surface area contributed by atoms with Crippen molar-refractivity contribution < 1.29 is 4.57 Å². The van der Waals surface area contributed by atoms with Crippen LogP contribution in [0, 0.1) is 0 Å². The zero-order chi connectivity index (χ0) is 10.3. The number of nitrogens with zero attached hydrogens (tertiary/aromatic N) is 2. The molecule has 0 aliphatic heterocycles. The quantitative estimate of drug-likeness (QED) is 0.397. The van der Waals surface area contributed by atoms with Gasteiger partial charge in [0.1, 0.15) is 7.05 Å². The predicted octanol–water partition coefficient (Wildman–Crippen LogP) is 2.21. The first kappa shape index (κ1) is 8.36. The summed E-state index contributed by atoms with van der Waals surface area (Å²) in [5, 5.41) is 3.73. The van der Waals surface area contributed by atoms with Crippen molar-refractivity contribution in [2.24, 2.45) is 7.05 Å². The lowest BCUT2D eigenvalue weighted by atomic mass is 10.1. The summed E-state index contributed by atoms with van der Waals surface area (Å²) in [5.41, 5.74) is 1.05. The maximum atomic E-state index is 4.35. The minimum atomic E-state index is 1.05. The number of benzene rings is 1. The second kappa shape index (κ2) is 3.02. The first-order chi connectivity index (χ1) is 7.34. The van der Waals surface area contributed by atoms with E-state index in [0.717, 1.165) is 5.52 Å². The van der Waals surface area contributed by atoms with Crippen LogP contribution in [0.4, 0.5) is 0 Å². The average Bonchev–Trinajstić information content (AvgIpc) is 2.29. The number of hydrogen-bond acceptors (Lipinski definition) is 1. The molecule has 0 radical (unpaired) electrons. The second-order valence-electron chi connectivity index (χ2n) is 3.75. The second-order valence-corrected chi connectivity index (χ2v) is 3.75. The van der Waals surface area contributed by atoms with Crippen LogP contribution in [0.1, 0.15) is 0 Å². The van der Waals surface area contributed by atoms with Gasteiger partial charge in [-0.25, -0.2) is 4.57 Å². The van der Waals surface area contributed by atoms with Gasteiger partial charge in [0.25, 0.3) is 0 Å². The van der Waals surface area contributed by atoms with Crippen LogP contribution in [-0.4, -0.2) is 4.98 Å². The van der Waals surface area contributed by atoms with Crippen LogP contribution >= 0.6 is 0 Å². The Labute approximate surface area is 87.8 Å². The van der Waals surface area contributed by atoms with E-state index in [1.165, 1.54) is 16.2 Å². The van der Waals surface area contributed by atoms with Gasteiger partial charge in [-0.1, -0.05) is 12.1 Å². The normalized spacial score (nSPS) is 11.0. The van der Waals surface area contributed by atoms with Crippen LogP contribution < -0.4 is 4.57 Å². The highest BCUT2D eigenvalue weighted by atomic mass is 14.9. The maximum absolute atomic E-state index is 4.35. The fourth-order valence-electron chi connectivity index (χ4n) is 1.93. The van der Waals surface area contributed by atoms with Gasteiger partial charge in [-0.15, -0.1) is 0 Å². The first-order valence-electron chi connectivity index (χ1n) is 4.97. The Hall–Kier alpha value is -1.96. The van der Waals surface area contributed by atoms with Crippen molar-refractivity contribution in [2.75, 3.05) is 0 Å². The van der Waals surface area contributed by atoms with Crippen LogP contribution in [0.2, 0.25) is 0 Å². The summed E-state index contributed by atoms with van der Waals surface area (Å²) < 4.78 is 2.06. The summed E-state index contributed by atoms with van der Waals surface area (Å²) in [6.45, 7) is 0. The fraction of sp³-hybridized carbons (Fsp3) is 0.0769. The molecule has 0 fully saturated rings. The number of rotatable bonds is 0. The van der Waals surface area contributed by atoms with E-state index in [1.54, 1.807) is 0 Å². The van der Waals surface area contributed by atoms with Gasteiger partial charge >= 0.3 is 0 Å². The highest BCUT2D eigenvalue weighted by Gasteiger charge is 2.03. The molecular weight excluding hydrogens is 184 g/mol. The van der Waals surface area contributed by atoms with Crippen LogP contribution in [0.3, 0.4) is 0 Å². The number of pyridine rings is 2. The lowest BCUT2D eigenvalue weighted by molar-refractivity contribution is -0.670. The minimum absolute atomic E-state index is 1.05. The molecule has 0 bridgehead atoms.